The van der Waals surface area contributed by atoms with Gasteiger partial charge < -0.3 is 5.32 Å². The first-order valence-corrected chi connectivity index (χ1v) is 6.95. The fourth-order valence-electron chi connectivity index (χ4n) is 1.97. The molecule has 0 radical (unpaired) electrons. The van der Waals surface area contributed by atoms with Crippen LogP contribution < -0.4 is 5.32 Å². The van der Waals surface area contributed by atoms with Crippen molar-refractivity contribution in [2.75, 3.05) is 6.54 Å². The average Bonchev–Trinajstić information content (AvgIpc) is 2.33. The molecule has 0 bridgehead atoms. The maximum absolute atomic E-state index is 12.9. The highest BCUT2D eigenvalue weighted by atomic mass is 19.3. The first-order chi connectivity index (χ1) is 8.84. The van der Waals surface area contributed by atoms with Gasteiger partial charge in [-0.15, -0.1) is 0 Å². The van der Waals surface area contributed by atoms with Gasteiger partial charge in [-0.3, -0.25) is 0 Å². The van der Waals surface area contributed by atoms with Gasteiger partial charge in [-0.2, -0.15) is 0 Å². The summed E-state index contributed by atoms with van der Waals surface area (Å²) in [4.78, 5) is 0. The molecular formula is C16H25F2N. The van der Waals surface area contributed by atoms with Crippen LogP contribution in [0.1, 0.15) is 45.2 Å². The zero-order chi connectivity index (χ0) is 14.5. The number of nitrogens with one attached hydrogen (secondary N) is 1. The van der Waals surface area contributed by atoms with Crippen LogP contribution in [0.2, 0.25) is 0 Å². The molecule has 0 saturated carbocycles. The van der Waals surface area contributed by atoms with Crippen LogP contribution in [-0.2, 0) is 11.8 Å². The average molecular weight is 269 g/mol. The van der Waals surface area contributed by atoms with Crippen LogP contribution in [0, 0.1) is 0 Å². The maximum atomic E-state index is 12.9. The van der Waals surface area contributed by atoms with Crippen molar-refractivity contribution in [2.24, 2.45) is 0 Å². The van der Waals surface area contributed by atoms with Gasteiger partial charge in [0.25, 0.3) is 6.43 Å². The van der Waals surface area contributed by atoms with E-state index in [1.54, 1.807) is 0 Å². The highest BCUT2D eigenvalue weighted by molar-refractivity contribution is 5.28. The predicted molar refractivity (Wildman–Crippen MR) is 76.9 cm³/mol. The van der Waals surface area contributed by atoms with Crippen molar-refractivity contribution in [2.45, 2.75) is 58.4 Å². The van der Waals surface area contributed by atoms with E-state index < -0.39 is 12.5 Å². The van der Waals surface area contributed by atoms with Crippen molar-refractivity contribution >= 4 is 0 Å². The van der Waals surface area contributed by atoms with Crippen molar-refractivity contribution in [3.05, 3.63) is 35.4 Å². The van der Waals surface area contributed by atoms with Gasteiger partial charge in [-0.1, -0.05) is 52.0 Å². The molecular weight excluding hydrogens is 244 g/mol. The van der Waals surface area contributed by atoms with Gasteiger partial charge in [0.05, 0.1) is 6.04 Å². The number of hydrogen-bond acceptors (Lipinski definition) is 1. The fraction of sp³-hybridized carbons (Fsp3) is 0.625. The lowest BCUT2D eigenvalue weighted by Gasteiger charge is -2.21. The molecule has 1 nitrogen and oxygen atoms in total. The molecule has 1 unspecified atom stereocenters. The lowest BCUT2D eigenvalue weighted by Crippen LogP contribution is -2.37. The zero-order valence-corrected chi connectivity index (χ0v) is 12.3. The summed E-state index contributed by atoms with van der Waals surface area (Å²) in [6.45, 7) is 9.05. The quantitative estimate of drug-likeness (QED) is 0.817. The van der Waals surface area contributed by atoms with Crippen molar-refractivity contribution in [3.63, 3.8) is 0 Å². The first-order valence-electron chi connectivity index (χ1n) is 6.95. The van der Waals surface area contributed by atoms with Crippen molar-refractivity contribution in [1.82, 2.24) is 5.32 Å². The van der Waals surface area contributed by atoms with Gasteiger partial charge in [-0.25, -0.2) is 8.78 Å². The molecule has 0 aliphatic rings. The molecule has 19 heavy (non-hydrogen) atoms. The summed E-state index contributed by atoms with van der Waals surface area (Å²) in [5, 5.41) is 2.91. The molecule has 3 heteroatoms. The van der Waals surface area contributed by atoms with Crippen LogP contribution in [0.5, 0.6) is 0 Å². The number of hydrogen-bond donors (Lipinski definition) is 1. The third-order valence-electron chi connectivity index (χ3n) is 3.24. The van der Waals surface area contributed by atoms with Crippen LogP contribution in [-0.4, -0.2) is 19.0 Å². The molecule has 1 rings (SSSR count). The molecule has 0 saturated heterocycles. The molecule has 1 atom stereocenters. The predicted octanol–water partition coefficient (Wildman–Crippen LogP) is 4.16. The lowest BCUT2D eigenvalue weighted by molar-refractivity contribution is 0.0983. The Hall–Kier alpha value is -0.960. The van der Waals surface area contributed by atoms with Gasteiger partial charge in [-0.05, 0) is 35.9 Å². The van der Waals surface area contributed by atoms with Gasteiger partial charge in [0.15, 0.2) is 0 Å². The van der Waals surface area contributed by atoms with Crippen molar-refractivity contribution in [3.8, 4) is 0 Å². The number of halogens is 2. The van der Waals surface area contributed by atoms with E-state index in [0.29, 0.717) is 13.0 Å². The highest BCUT2D eigenvalue weighted by Crippen LogP contribution is 2.22. The summed E-state index contributed by atoms with van der Waals surface area (Å²) in [5.41, 5.74) is 2.29. The van der Waals surface area contributed by atoms with E-state index in [0.717, 1.165) is 12.0 Å². The fourth-order valence-corrected chi connectivity index (χ4v) is 1.97. The van der Waals surface area contributed by atoms with Crippen molar-refractivity contribution < 1.29 is 8.78 Å². The number of alkyl halides is 2. The van der Waals surface area contributed by atoms with Crippen molar-refractivity contribution in [1.29, 1.82) is 0 Å². The van der Waals surface area contributed by atoms with E-state index in [1.165, 1.54) is 5.56 Å². The Bertz CT molecular complexity index is 365. The Balaban J connectivity index is 2.69. The monoisotopic (exact) mass is 269 g/mol. The van der Waals surface area contributed by atoms with Gasteiger partial charge in [0, 0.05) is 0 Å². The molecule has 0 amide bonds. The van der Waals surface area contributed by atoms with Crippen LogP contribution in [0.25, 0.3) is 0 Å². The topological polar surface area (TPSA) is 12.0 Å². The molecule has 1 aromatic carbocycles. The summed E-state index contributed by atoms with van der Waals surface area (Å²) in [6, 6.07) is 7.25. The first kappa shape index (κ1) is 16.1. The van der Waals surface area contributed by atoms with Crippen LogP contribution >= 0.6 is 0 Å². The molecule has 0 heterocycles. The van der Waals surface area contributed by atoms with E-state index in [1.807, 2.05) is 31.2 Å². The third-order valence-corrected chi connectivity index (χ3v) is 3.24. The summed E-state index contributed by atoms with van der Waals surface area (Å²) in [6.07, 6.45) is -1.08. The SMILES string of the molecule is CCCNC(Cc1ccc(C(C)(C)C)cc1)C(F)F. The number of rotatable bonds is 6. The Morgan fingerprint density at radius 2 is 1.68 bits per heavy atom. The molecule has 108 valence electrons. The van der Waals surface area contributed by atoms with Gasteiger partial charge in [0.2, 0.25) is 0 Å². The zero-order valence-electron chi connectivity index (χ0n) is 12.3. The molecule has 1 aromatic rings. The van der Waals surface area contributed by atoms with Gasteiger partial charge >= 0.3 is 0 Å². The lowest BCUT2D eigenvalue weighted by atomic mass is 9.86. The third kappa shape index (κ3) is 5.27. The molecule has 0 aromatic heterocycles. The van der Waals surface area contributed by atoms with E-state index in [4.69, 9.17) is 0 Å². The van der Waals surface area contributed by atoms with Crippen LogP contribution in [0.4, 0.5) is 8.78 Å². The second-order valence-corrected chi connectivity index (χ2v) is 6.05. The minimum Gasteiger partial charge on any atom is -0.309 e. The smallest absolute Gasteiger partial charge is 0.254 e. The minimum absolute atomic E-state index is 0.0983. The minimum atomic E-state index is -2.33. The maximum Gasteiger partial charge on any atom is 0.254 e. The summed E-state index contributed by atoms with van der Waals surface area (Å²) >= 11 is 0. The van der Waals surface area contributed by atoms with E-state index in [2.05, 4.69) is 26.1 Å². The standard InChI is InChI=1S/C16H25F2N/c1-5-10-19-14(15(17)18)11-12-6-8-13(9-7-12)16(2,3)4/h6-9,14-15,19H,5,10-11H2,1-4H3. The van der Waals surface area contributed by atoms with Crippen LogP contribution in [0.3, 0.4) is 0 Å². The Morgan fingerprint density at radius 3 is 2.11 bits per heavy atom. The summed E-state index contributed by atoms with van der Waals surface area (Å²) in [7, 11) is 0. The van der Waals surface area contributed by atoms with E-state index in [9.17, 15) is 8.78 Å². The summed E-state index contributed by atoms with van der Waals surface area (Å²) in [5.74, 6) is 0. The summed E-state index contributed by atoms with van der Waals surface area (Å²) < 4.78 is 25.8. The largest absolute Gasteiger partial charge is 0.309 e. The second kappa shape index (κ2) is 6.99. The van der Waals surface area contributed by atoms with E-state index >= 15 is 0 Å². The number of benzene rings is 1. The van der Waals surface area contributed by atoms with Gasteiger partial charge in [0.1, 0.15) is 0 Å². The molecule has 0 spiro atoms. The van der Waals surface area contributed by atoms with E-state index in [-0.39, 0.29) is 5.41 Å². The second-order valence-electron chi connectivity index (χ2n) is 6.05. The normalized spacial score (nSPS) is 13.8. The highest BCUT2D eigenvalue weighted by Gasteiger charge is 2.20. The molecule has 0 fully saturated rings. The Kier molecular flexibility index (Phi) is 5.92. The molecule has 1 N–H and O–H groups in total. The Labute approximate surface area is 115 Å². The van der Waals surface area contributed by atoms with Crippen LogP contribution in [0.15, 0.2) is 24.3 Å². The molecule has 0 aliphatic heterocycles. The molecule has 0 aliphatic carbocycles. The Morgan fingerprint density at radius 1 is 1.11 bits per heavy atom.